The van der Waals surface area contributed by atoms with Gasteiger partial charge in [0.2, 0.25) is 0 Å². The average Bonchev–Trinajstić information content (AvgIpc) is 2.48. The van der Waals surface area contributed by atoms with Gasteiger partial charge in [-0.25, -0.2) is 0 Å². The van der Waals surface area contributed by atoms with Crippen LogP contribution in [0.25, 0.3) is 0 Å². The average molecular weight is 306 g/mol. The van der Waals surface area contributed by atoms with E-state index in [0.29, 0.717) is 17.2 Å². The molecular formula is C15H22N4OS. The number of nitrogens with zero attached hydrogens (tertiary/aromatic N) is 2. The van der Waals surface area contributed by atoms with Crippen molar-refractivity contribution in [1.82, 2.24) is 10.7 Å². The lowest BCUT2D eigenvalue weighted by Crippen LogP contribution is -2.31. The zero-order valence-electron chi connectivity index (χ0n) is 12.5. The van der Waals surface area contributed by atoms with Gasteiger partial charge in [0, 0.05) is 37.0 Å². The Morgan fingerprint density at radius 2 is 2.14 bits per heavy atom. The minimum absolute atomic E-state index is 0.190. The number of hydrazone groups is 1. The summed E-state index contributed by atoms with van der Waals surface area (Å²) >= 11 is 5.00. The smallest absolute Gasteiger partial charge is 0.187 e. The Morgan fingerprint density at radius 3 is 2.71 bits per heavy atom. The van der Waals surface area contributed by atoms with Gasteiger partial charge in [0.25, 0.3) is 0 Å². The summed E-state index contributed by atoms with van der Waals surface area (Å²) in [6, 6.07) is 5.53. The number of thiocarbonyl (C=S) groups is 1. The molecule has 0 heterocycles. The van der Waals surface area contributed by atoms with E-state index < -0.39 is 0 Å². The van der Waals surface area contributed by atoms with Crippen LogP contribution in [-0.4, -0.2) is 36.1 Å². The van der Waals surface area contributed by atoms with Gasteiger partial charge in [-0.15, -0.1) is 6.58 Å². The topological polar surface area (TPSA) is 59.9 Å². The zero-order chi connectivity index (χ0) is 15.7. The van der Waals surface area contributed by atoms with Crippen molar-refractivity contribution in [3.05, 3.63) is 36.4 Å². The molecule has 0 radical (unpaired) electrons. The van der Waals surface area contributed by atoms with Crippen molar-refractivity contribution >= 4 is 29.2 Å². The molecule has 1 aromatic rings. The first kappa shape index (κ1) is 17.0. The van der Waals surface area contributed by atoms with Crippen LogP contribution in [0.3, 0.4) is 0 Å². The third-order valence-electron chi connectivity index (χ3n) is 2.92. The molecule has 0 amide bonds. The van der Waals surface area contributed by atoms with E-state index in [0.717, 1.165) is 18.8 Å². The van der Waals surface area contributed by atoms with Crippen LogP contribution in [0, 0.1) is 0 Å². The van der Waals surface area contributed by atoms with Crippen LogP contribution in [0.5, 0.6) is 5.75 Å². The fraction of sp³-hybridized carbons (Fsp3) is 0.333. The lowest BCUT2D eigenvalue weighted by atomic mass is 10.2. The minimum atomic E-state index is 0.190. The van der Waals surface area contributed by atoms with E-state index in [1.54, 1.807) is 12.1 Å². The Bertz CT molecular complexity index is 512. The van der Waals surface area contributed by atoms with E-state index in [1.807, 2.05) is 12.1 Å². The first-order valence-corrected chi connectivity index (χ1v) is 7.28. The molecule has 0 aliphatic rings. The summed E-state index contributed by atoms with van der Waals surface area (Å²) in [7, 11) is 0. The molecular weight excluding hydrogens is 284 g/mol. The molecule has 0 atom stereocenters. The largest absolute Gasteiger partial charge is 0.507 e. The van der Waals surface area contributed by atoms with Gasteiger partial charge in [-0.1, -0.05) is 6.08 Å². The van der Waals surface area contributed by atoms with Gasteiger partial charge >= 0.3 is 0 Å². The second kappa shape index (κ2) is 8.97. The van der Waals surface area contributed by atoms with Crippen LogP contribution in [0.15, 0.2) is 36.0 Å². The standard InChI is InChI=1S/C15H22N4OS/c1-4-9-16-15(21)18-17-11-12-7-8-13(10-14(12)20)19(5-2)6-3/h4,7-8,10-11,20H,1,5-6,9H2,2-3H3,(H2,16,18,21)/b17-11+. The van der Waals surface area contributed by atoms with Gasteiger partial charge in [0.1, 0.15) is 5.75 Å². The predicted octanol–water partition coefficient (Wildman–Crippen LogP) is 2.22. The Kier molecular flexibility index (Phi) is 7.25. The highest BCUT2D eigenvalue weighted by Crippen LogP contribution is 2.23. The summed E-state index contributed by atoms with van der Waals surface area (Å²) in [5, 5.41) is 17.3. The Hall–Kier alpha value is -2.08. The normalized spacial score (nSPS) is 10.4. The molecule has 6 heteroatoms. The highest BCUT2D eigenvalue weighted by atomic mass is 32.1. The molecule has 0 saturated carbocycles. The Balaban J connectivity index is 2.68. The summed E-state index contributed by atoms with van der Waals surface area (Å²) < 4.78 is 0. The maximum atomic E-state index is 10.0. The van der Waals surface area contributed by atoms with Crippen LogP contribution in [0.2, 0.25) is 0 Å². The van der Waals surface area contributed by atoms with Crippen LogP contribution in [0.1, 0.15) is 19.4 Å². The number of benzene rings is 1. The van der Waals surface area contributed by atoms with Crippen molar-refractivity contribution in [2.24, 2.45) is 5.10 Å². The van der Waals surface area contributed by atoms with E-state index in [4.69, 9.17) is 12.2 Å². The number of nitrogens with one attached hydrogen (secondary N) is 2. The molecule has 1 rings (SSSR count). The van der Waals surface area contributed by atoms with Crippen molar-refractivity contribution in [3.63, 3.8) is 0 Å². The second-order valence-corrected chi connectivity index (χ2v) is 4.69. The maximum Gasteiger partial charge on any atom is 0.187 e. The third kappa shape index (κ3) is 5.43. The number of hydrogen-bond acceptors (Lipinski definition) is 4. The van der Waals surface area contributed by atoms with E-state index in [-0.39, 0.29) is 5.75 Å². The molecule has 0 aromatic heterocycles. The Labute approximate surface area is 131 Å². The first-order chi connectivity index (χ1) is 10.1. The van der Waals surface area contributed by atoms with Gasteiger partial charge in [0.05, 0.1) is 6.21 Å². The van der Waals surface area contributed by atoms with Crippen molar-refractivity contribution in [3.8, 4) is 5.75 Å². The monoisotopic (exact) mass is 306 g/mol. The fourth-order valence-corrected chi connectivity index (χ4v) is 1.93. The number of phenolic OH excluding ortho intramolecular Hbond substituents is 1. The van der Waals surface area contributed by atoms with E-state index >= 15 is 0 Å². The molecule has 1 aromatic carbocycles. The number of aromatic hydroxyl groups is 1. The van der Waals surface area contributed by atoms with Crippen LogP contribution in [-0.2, 0) is 0 Å². The highest BCUT2D eigenvalue weighted by Gasteiger charge is 2.05. The quantitative estimate of drug-likeness (QED) is 0.312. The SMILES string of the molecule is C=CCNC(=S)N/N=C/c1ccc(N(CC)CC)cc1O. The van der Waals surface area contributed by atoms with Crippen molar-refractivity contribution in [2.45, 2.75) is 13.8 Å². The minimum Gasteiger partial charge on any atom is -0.507 e. The van der Waals surface area contributed by atoms with Gasteiger partial charge in [-0.2, -0.15) is 5.10 Å². The number of anilines is 1. The first-order valence-electron chi connectivity index (χ1n) is 6.88. The van der Waals surface area contributed by atoms with Gasteiger partial charge in [-0.05, 0) is 38.2 Å². The number of phenols is 1. The third-order valence-corrected chi connectivity index (χ3v) is 3.15. The molecule has 0 bridgehead atoms. The summed E-state index contributed by atoms with van der Waals surface area (Å²) in [4.78, 5) is 2.16. The molecule has 0 aliphatic heterocycles. The van der Waals surface area contributed by atoms with Crippen molar-refractivity contribution in [2.75, 3.05) is 24.5 Å². The summed E-state index contributed by atoms with van der Waals surface area (Å²) in [5.74, 6) is 0.190. The summed E-state index contributed by atoms with van der Waals surface area (Å²) in [6.07, 6.45) is 3.23. The molecule has 0 aliphatic carbocycles. The molecule has 0 fully saturated rings. The molecule has 0 saturated heterocycles. The van der Waals surface area contributed by atoms with Crippen molar-refractivity contribution < 1.29 is 5.11 Å². The van der Waals surface area contributed by atoms with Crippen LogP contribution >= 0.6 is 12.2 Å². The summed E-state index contributed by atoms with van der Waals surface area (Å²) in [6.45, 7) is 10.1. The molecule has 21 heavy (non-hydrogen) atoms. The van der Waals surface area contributed by atoms with Gasteiger partial charge < -0.3 is 15.3 Å². The highest BCUT2D eigenvalue weighted by molar-refractivity contribution is 7.80. The molecule has 3 N–H and O–H groups in total. The lowest BCUT2D eigenvalue weighted by molar-refractivity contribution is 0.474. The maximum absolute atomic E-state index is 10.0. The van der Waals surface area contributed by atoms with Gasteiger partial charge in [0.15, 0.2) is 5.11 Å². The van der Waals surface area contributed by atoms with E-state index in [1.165, 1.54) is 6.21 Å². The van der Waals surface area contributed by atoms with Crippen molar-refractivity contribution in [1.29, 1.82) is 0 Å². The zero-order valence-corrected chi connectivity index (χ0v) is 13.3. The summed E-state index contributed by atoms with van der Waals surface area (Å²) in [5.41, 5.74) is 4.29. The van der Waals surface area contributed by atoms with E-state index in [2.05, 4.69) is 41.2 Å². The van der Waals surface area contributed by atoms with Gasteiger partial charge in [-0.3, -0.25) is 5.43 Å². The predicted molar refractivity (Wildman–Crippen MR) is 93.2 cm³/mol. The number of hydrogen-bond donors (Lipinski definition) is 3. The van der Waals surface area contributed by atoms with Crippen LogP contribution < -0.4 is 15.6 Å². The molecule has 5 nitrogen and oxygen atoms in total. The molecule has 114 valence electrons. The second-order valence-electron chi connectivity index (χ2n) is 4.28. The van der Waals surface area contributed by atoms with Crippen LogP contribution in [0.4, 0.5) is 5.69 Å². The molecule has 0 unspecified atom stereocenters. The fourth-order valence-electron chi connectivity index (χ4n) is 1.79. The lowest BCUT2D eigenvalue weighted by Gasteiger charge is -2.21. The van der Waals surface area contributed by atoms with E-state index in [9.17, 15) is 5.11 Å². The Morgan fingerprint density at radius 1 is 1.43 bits per heavy atom. The number of rotatable bonds is 7. The molecule has 0 spiro atoms.